The predicted octanol–water partition coefficient (Wildman–Crippen LogP) is 5.11. The Morgan fingerprint density at radius 3 is 2.67 bits per heavy atom. The van der Waals surface area contributed by atoms with Gasteiger partial charge in [-0.05, 0) is 36.4 Å². The van der Waals surface area contributed by atoms with Gasteiger partial charge in [0.15, 0.2) is 0 Å². The lowest BCUT2D eigenvalue weighted by Crippen LogP contribution is -2.42. The number of likely N-dealkylation sites (tertiary alicyclic amines) is 1. The number of piperidine rings is 1. The molecule has 1 aliphatic rings. The largest absolute Gasteiger partial charge is 0.467 e. The minimum atomic E-state index is 0.124. The van der Waals surface area contributed by atoms with E-state index in [0.29, 0.717) is 10.8 Å². The molecule has 0 bridgehead atoms. The van der Waals surface area contributed by atoms with Crippen LogP contribution in [0.3, 0.4) is 0 Å². The molecule has 0 N–H and O–H groups in total. The van der Waals surface area contributed by atoms with Gasteiger partial charge in [0.1, 0.15) is 6.10 Å². The minimum Gasteiger partial charge on any atom is -0.467 e. The number of hydrogen-bond donors (Lipinski definition) is 0. The molecule has 1 aliphatic heterocycles. The van der Waals surface area contributed by atoms with Crippen LogP contribution in [-0.4, -0.2) is 40.7 Å². The van der Waals surface area contributed by atoms with Crippen LogP contribution in [0.2, 0.25) is 5.02 Å². The first-order valence-electron chi connectivity index (χ1n) is 8.86. The molecule has 0 unspecified atom stereocenters. The monoisotopic (exact) mass is 418 g/mol. The standard InChI is InChI=1S/C20H19ClN2O2S2/c21-14-5-7-16(8-6-14)26-13-19(24)23-11-9-15(10-12-23)25-20-22-17-3-1-2-4-18(17)27-20/h1-8,15H,9-13H2. The Balaban J connectivity index is 1.25. The zero-order valence-electron chi connectivity index (χ0n) is 14.6. The van der Waals surface area contributed by atoms with Crippen LogP contribution < -0.4 is 4.74 Å². The molecule has 27 heavy (non-hydrogen) atoms. The third-order valence-electron chi connectivity index (χ3n) is 4.51. The lowest BCUT2D eigenvalue weighted by molar-refractivity contribution is -0.130. The van der Waals surface area contributed by atoms with Gasteiger partial charge in [0, 0.05) is 35.8 Å². The highest BCUT2D eigenvalue weighted by atomic mass is 35.5. The topological polar surface area (TPSA) is 42.4 Å². The van der Waals surface area contributed by atoms with Crippen LogP contribution in [0.4, 0.5) is 0 Å². The fraction of sp³-hybridized carbons (Fsp3) is 0.300. The van der Waals surface area contributed by atoms with E-state index in [0.717, 1.165) is 46.2 Å². The zero-order chi connectivity index (χ0) is 18.6. The van der Waals surface area contributed by atoms with Crippen LogP contribution in [0.5, 0.6) is 5.19 Å². The maximum absolute atomic E-state index is 12.4. The molecule has 0 atom stereocenters. The Morgan fingerprint density at radius 2 is 1.93 bits per heavy atom. The van der Waals surface area contributed by atoms with Crippen molar-refractivity contribution in [1.82, 2.24) is 9.88 Å². The zero-order valence-corrected chi connectivity index (χ0v) is 17.0. The van der Waals surface area contributed by atoms with Crippen molar-refractivity contribution in [2.24, 2.45) is 0 Å². The molecule has 2 heterocycles. The van der Waals surface area contributed by atoms with Gasteiger partial charge >= 0.3 is 0 Å². The van der Waals surface area contributed by atoms with Crippen molar-refractivity contribution < 1.29 is 9.53 Å². The van der Waals surface area contributed by atoms with Crippen molar-refractivity contribution in [2.75, 3.05) is 18.8 Å². The number of aromatic nitrogens is 1. The highest BCUT2D eigenvalue weighted by Crippen LogP contribution is 2.29. The molecule has 3 aromatic rings. The molecule has 0 saturated carbocycles. The Kier molecular flexibility index (Phi) is 5.86. The number of hydrogen-bond acceptors (Lipinski definition) is 5. The van der Waals surface area contributed by atoms with Gasteiger partial charge < -0.3 is 9.64 Å². The van der Waals surface area contributed by atoms with Crippen LogP contribution in [0.15, 0.2) is 53.4 Å². The summed E-state index contributed by atoms with van der Waals surface area (Å²) in [5, 5.41) is 1.43. The highest BCUT2D eigenvalue weighted by Gasteiger charge is 2.24. The number of carbonyl (C=O) groups is 1. The molecule has 1 amide bonds. The number of ether oxygens (including phenoxy) is 1. The number of carbonyl (C=O) groups excluding carboxylic acids is 1. The normalized spacial score (nSPS) is 15.2. The summed E-state index contributed by atoms with van der Waals surface area (Å²) in [6, 6.07) is 15.6. The highest BCUT2D eigenvalue weighted by molar-refractivity contribution is 8.00. The van der Waals surface area contributed by atoms with Gasteiger partial charge in [-0.2, -0.15) is 0 Å². The van der Waals surface area contributed by atoms with Gasteiger partial charge in [0.05, 0.1) is 16.0 Å². The van der Waals surface area contributed by atoms with Crippen LogP contribution in [-0.2, 0) is 4.79 Å². The lowest BCUT2D eigenvalue weighted by Gasteiger charge is -2.31. The maximum atomic E-state index is 12.4. The predicted molar refractivity (Wildman–Crippen MR) is 112 cm³/mol. The smallest absolute Gasteiger partial charge is 0.274 e. The Hall–Kier alpha value is -1.76. The fourth-order valence-electron chi connectivity index (χ4n) is 3.03. The van der Waals surface area contributed by atoms with E-state index in [1.807, 2.05) is 47.4 Å². The molecule has 4 nitrogen and oxygen atoms in total. The molecule has 0 aliphatic carbocycles. The van der Waals surface area contributed by atoms with Crippen LogP contribution >= 0.6 is 34.7 Å². The second kappa shape index (κ2) is 8.50. The van der Waals surface area contributed by atoms with E-state index >= 15 is 0 Å². The summed E-state index contributed by atoms with van der Waals surface area (Å²) < 4.78 is 7.20. The Morgan fingerprint density at radius 1 is 1.19 bits per heavy atom. The van der Waals surface area contributed by atoms with E-state index < -0.39 is 0 Å². The molecule has 1 fully saturated rings. The van der Waals surface area contributed by atoms with E-state index in [2.05, 4.69) is 11.1 Å². The van der Waals surface area contributed by atoms with Gasteiger partial charge in [0.2, 0.25) is 5.91 Å². The van der Waals surface area contributed by atoms with Gasteiger partial charge in [0.25, 0.3) is 5.19 Å². The average Bonchev–Trinajstić information content (AvgIpc) is 3.10. The van der Waals surface area contributed by atoms with E-state index in [4.69, 9.17) is 16.3 Å². The summed E-state index contributed by atoms with van der Waals surface area (Å²) >= 11 is 9.02. The summed E-state index contributed by atoms with van der Waals surface area (Å²) in [5.74, 6) is 0.624. The molecule has 2 aromatic carbocycles. The van der Waals surface area contributed by atoms with Crippen LogP contribution in [0.1, 0.15) is 12.8 Å². The average molecular weight is 419 g/mol. The van der Waals surface area contributed by atoms with Crippen molar-refractivity contribution in [2.45, 2.75) is 23.8 Å². The maximum Gasteiger partial charge on any atom is 0.274 e. The molecular weight excluding hydrogens is 400 g/mol. The third-order valence-corrected chi connectivity index (χ3v) is 6.69. The number of thiazole rings is 1. The molecule has 0 radical (unpaired) electrons. The molecule has 1 aromatic heterocycles. The van der Waals surface area contributed by atoms with E-state index in [1.165, 1.54) is 0 Å². The van der Waals surface area contributed by atoms with Crippen LogP contribution in [0.25, 0.3) is 10.2 Å². The molecule has 7 heteroatoms. The first-order valence-corrected chi connectivity index (χ1v) is 11.0. The number of halogens is 1. The fourth-order valence-corrected chi connectivity index (χ4v) is 4.84. The third kappa shape index (κ3) is 4.75. The second-order valence-corrected chi connectivity index (χ2v) is 8.87. The summed E-state index contributed by atoms with van der Waals surface area (Å²) in [7, 11) is 0. The molecular formula is C20H19ClN2O2S2. The first kappa shape index (κ1) is 18.6. The van der Waals surface area contributed by atoms with Gasteiger partial charge in [-0.3, -0.25) is 4.79 Å². The summed E-state index contributed by atoms with van der Waals surface area (Å²) in [6.45, 7) is 1.46. The molecule has 140 valence electrons. The van der Waals surface area contributed by atoms with Gasteiger partial charge in [-0.25, -0.2) is 4.98 Å². The van der Waals surface area contributed by atoms with E-state index in [9.17, 15) is 4.79 Å². The summed E-state index contributed by atoms with van der Waals surface area (Å²) in [4.78, 5) is 20.0. The van der Waals surface area contributed by atoms with Crippen molar-refractivity contribution in [1.29, 1.82) is 0 Å². The summed E-state index contributed by atoms with van der Waals surface area (Å²) in [6.07, 6.45) is 1.80. The molecule has 4 rings (SSSR count). The number of thioether (sulfide) groups is 1. The van der Waals surface area contributed by atoms with E-state index in [1.54, 1.807) is 23.1 Å². The van der Waals surface area contributed by atoms with Gasteiger partial charge in [-0.1, -0.05) is 35.1 Å². The first-order chi connectivity index (χ1) is 13.2. The van der Waals surface area contributed by atoms with Gasteiger partial charge in [-0.15, -0.1) is 11.8 Å². The minimum absolute atomic E-state index is 0.124. The van der Waals surface area contributed by atoms with Crippen molar-refractivity contribution >= 4 is 50.8 Å². The quantitative estimate of drug-likeness (QED) is 0.540. The second-order valence-electron chi connectivity index (χ2n) is 6.39. The van der Waals surface area contributed by atoms with E-state index in [-0.39, 0.29) is 12.0 Å². The number of para-hydroxylation sites is 1. The number of rotatable bonds is 5. The number of amides is 1. The number of fused-ring (bicyclic) bond motifs is 1. The molecule has 1 saturated heterocycles. The summed E-state index contributed by atoms with van der Waals surface area (Å²) in [5.41, 5.74) is 0.976. The van der Waals surface area contributed by atoms with Crippen LogP contribution in [0, 0.1) is 0 Å². The Labute approximate surface area is 171 Å². The van der Waals surface area contributed by atoms with Crippen molar-refractivity contribution in [3.63, 3.8) is 0 Å². The number of nitrogens with zero attached hydrogens (tertiary/aromatic N) is 2. The van der Waals surface area contributed by atoms with Crippen molar-refractivity contribution in [3.8, 4) is 5.19 Å². The number of benzene rings is 2. The SMILES string of the molecule is O=C(CSc1ccc(Cl)cc1)N1CCC(Oc2nc3ccccc3s2)CC1. The Bertz CT molecular complexity index is 888. The lowest BCUT2D eigenvalue weighted by atomic mass is 10.1. The van der Waals surface area contributed by atoms with Crippen molar-refractivity contribution in [3.05, 3.63) is 53.6 Å². The molecule has 0 spiro atoms.